The van der Waals surface area contributed by atoms with E-state index < -0.39 is 66.8 Å². The zero-order valence-electron chi connectivity index (χ0n) is 16.9. The van der Waals surface area contributed by atoms with Crippen LogP contribution in [-0.2, 0) is 30.4 Å². The Morgan fingerprint density at radius 1 is 1.03 bits per heavy atom. The Labute approximate surface area is 178 Å². The van der Waals surface area contributed by atoms with E-state index in [0.29, 0.717) is 0 Å². The van der Waals surface area contributed by atoms with Crippen molar-refractivity contribution in [2.45, 2.75) is 44.0 Å². The molecule has 12 nitrogen and oxygen atoms in total. The van der Waals surface area contributed by atoms with Crippen LogP contribution in [0.2, 0.25) is 0 Å². The van der Waals surface area contributed by atoms with Gasteiger partial charge in [-0.1, -0.05) is 30.3 Å². The Morgan fingerprint density at radius 2 is 1.65 bits per heavy atom. The number of benzene rings is 1. The van der Waals surface area contributed by atoms with Gasteiger partial charge in [-0.2, -0.15) is 0 Å². The highest BCUT2D eigenvalue weighted by Crippen LogP contribution is 2.02. The Kier molecular flexibility index (Phi) is 10.1. The van der Waals surface area contributed by atoms with E-state index in [0.717, 1.165) is 12.5 Å². The second-order valence-electron chi connectivity index (χ2n) is 6.87. The van der Waals surface area contributed by atoms with E-state index in [4.69, 9.17) is 16.6 Å². The number of nitrogens with one attached hydrogen (secondary N) is 3. The van der Waals surface area contributed by atoms with Gasteiger partial charge in [-0.15, -0.1) is 0 Å². The molecule has 0 saturated carbocycles. The summed E-state index contributed by atoms with van der Waals surface area (Å²) in [6.07, 6.45) is -1.81. The van der Waals surface area contributed by atoms with Gasteiger partial charge in [0, 0.05) is 0 Å². The van der Waals surface area contributed by atoms with Crippen LogP contribution in [0.3, 0.4) is 0 Å². The maximum Gasteiger partial charge on any atom is 0.328 e. The standard InChI is InChI=1S/C19H27N5O7/c1-10(25)16(19(30)31)24-18(29)13(8-14(21)26)23-15(27)9-22-17(28)12(20)7-11-5-3-2-4-6-11/h2-6,10,12-13,16,25H,7-9,20H2,1H3,(H2,21,26)(H,22,28)(H,23,27)(H,24,29)(H,30,31). The number of carboxylic acids is 1. The first-order valence-electron chi connectivity index (χ1n) is 9.37. The third-order valence-electron chi connectivity index (χ3n) is 4.16. The minimum Gasteiger partial charge on any atom is -0.480 e. The normalized spacial score (nSPS) is 14.4. The van der Waals surface area contributed by atoms with Gasteiger partial charge in [0.1, 0.15) is 6.04 Å². The zero-order chi connectivity index (χ0) is 23.6. The second kappa shape index (κ2) is 12.2. The van der Waals surface area contributed by atoms with Gasteiger partial charge in [-0.05, 0) is 18.9 Å². The van der Waals surface area contributed by atoms with Gasteiger partial charge >= 0.3 is 5.97 Å². The summed E-state index contributed by atoms with van der Waals surface area (Å²) in [6, 6.07) is 4.93. The molecule has 4 unspecified atom stereocenters. The van der Waals surface area contributed by atoms with Crippen molar-refractivity contribution in [2.24, 2.45) is 11.5 Å². The number of carbonyl (C=O) groups excluding carboxylic acids is 4. The monoisotopic (exact) mass is 437 g/mol. The van der Waals surface area contributed by atoms with Gasteiger partial charge in [-0.3, -0.25) is 19.2 Å². The lowest BCUT2D eigenvalue weighted by molar-refractivity contribution is -0.145. The van der Waals surface area contributed by atoms with Gasteiger partial charge < -0.3 is 37.6 Å². The summed E-state index contributed by atoms with van der Waals surface area (Å²) in [7, 11) is 0. The molecular weight excluding hydrogens is 410 g/mol. The predicted molar refractivity (Wildman–Crippen MR) is 108 cm³/mol. The number of rotatable bonds is 12. The molecule has 0 aliphatic rings. The molecule has 4 atom stereocenters. The highest BCUT2D eigenvalue weighted by molar-refractivity contribution is 5.95. The number of carboxylic acid groups (broad SMARTS) is 1. The third-order valence-corrected chi connectivity index (χ3v) is 4.16. The van der Waals surface area contributed by atoms with Gasteiger partial charge in [0.25, 0.3) is 0 Å². The molecule has 31 heavy (non-hydrogen) atoms. The number of aliphatic hydroxyl groups is 1. The molecule has 0 aromatic heterocycles. The highest BCUT2D eigenvalue weighted by Gasteiger charge is 2.30. The highest BCUT2D eigenvalue weighted by atomic mass is 16.4. The molecule has 0 saturated heterocycles. The molecule has 1 rings (SSSR count). The largest absolute Gasteiger partial charge is 0.480 e. The van der Waals surface area contributed by atoms with Crippen LogP contribution in [0, 0.1) is 0 Å². The van der Waals surface area contributed by atoms with Crippen LogP contribution in [0.4, 0.5) is 0 Å². The molecule has 0 aliphatic heterocycles. The molecule has 1 aromatic carbocycles. The van der Waals surface area contributed by atoms with Crippen LogP contribution < -0.4 is 27.4 Å². The van der Waals surface area contributed by atoms with E-state index in [2.05, 4.69) is 10.6 Å². The van der Waals surface area contributed by atoms with Crippen LogP contribution in [0.5, 0.6) is 0 Å². The molecule has 9 N–H and O–H groups in total. The van der Waals surface area contributed by atoms with Crippen molar-refractivity contribution in [2.75, 3.05) is 6.54 Å². The molecule has 12 heteroatoms. The Bertz CT molecular complexity index is 800. The van der Waals surface area contributed by atoms with Crippen molar-refractivity contribution in [1.29, 1.82) is 0 Å². The molecule has 0 radical (unpaired) electrons. The van der Waals surface area contributed by atoms with Crippen LogP contribution >= 0.6 is 0 Å². The van der Waals surface area contributed by atoms with E-state index in [1.54, 1.807) is 24.3 Å². The molecule has 170 valence electrons. The number of amides is 4. The van der Waals surface area contributed by atoms with Crippen molar-refractivity contribution in [3.05, 3.63) is 35.9 Å². The van der Waals surface area contributed by atoms with Crippen molar-refractivity contribution in [3.63, 3.8) is 0 Å². The number of primary amides is 1. The predicted octanol–water partition coefficient (Wildman–Crippen LogP) is -3.02. The van der Waals surface area contributed by atoms with Crippen molar-refractivity contribution in [3.8, 4) is 0 Å². The number of carbonyl (C=O) groups is 5. The fourth-order valence-electron chi connectivity index (χ4n) is 2.56. The average Bonchev–Trinajstić information content (AvgIpc) is 2.69. The first-order valence-corrected chi connectivity index (χ1v) is 9.37. The molecule has 4 amide bonds. The minimum atomic E-state index is -1.66. The minimum absolute atomic E-state index is 0.247. The Morgan fingerprint density at radius 3 is 2.16 bits per heavy atom. The smallest absolute Gasteiger partial charge is 0.328 e. The fraction of sp³-hybridized carbons (Fsp3) is 0.421. The van der Waals surface area contributed by atoms with E-state index in [1.165, 1.54) is 0 Å². The average molecular weight is 437 g/mol. The van der Waals surface area contributed by atoms with Crippen LogP contribution in [-0.4, -0.2) is 70.6 Å². The molecule has 0 heterocycles. The summed E-state index contributed by atoms with van der Waals surface area (Å²) in [6.45, 7) is 0.609. The maximum absolute atomic E-state index is 12.3. The second-order valence-corrected chi connectivity index (χ2v) is 6.87. The lowest BCUT2D eigenvalue weighted by Crippen LogP contribution is -2.56. The van der Waals surface area contributed by atoms with Crippen LogP contribution in [0.1, 0.15) is 18.9 Å². The van der Waals surface area contributed by atoms with Crippen LogP contribution in [0.15, 0.2) is 30.3 Å². The SMILES string of the molecule is CC(O)C(NC(=O)C(CC(N)=O)NC(=O)CNC(=O)C(N)Cc1ccccc1)C(=O)O. The summed E-state index contributed by atoms with van der Waals surface area (Å²) < 4.78 is 0. The Balaban J connectivity index is 2.64. The molecule has 0 aliphatic carbocycles. The third kappa shape index (κ3) is 9.23. The fourth-order valence-corrected chi connectivity index (χ4v) is 2.56. The lowest BCUT2D eigenvalue weighted by Gasteiger charge is -2.22. The maximum atomic E-state index is 12.3. The number of hydrogen-bond acceptors (Lipinski definition) is 7. The molecule has 0 spiro atoms. The summed E-state index contributed by atoms with van der Waals surface area (Å²) in [5.41, 5.74) is 11.7. The van der Waals surface area contributed by atoms with Crippen LogP contribution in [0.25, 0.3) is 0 Å². The van der Waals surface area contributed by atoms with E-state index >= 15 is 0 Å². The van der Waals surface area contributed by atoms with Gasteiger partial charge in [0.05, 0.1) is 25.1 Å². The topological polar surface area (TPSA) is 214 Å². The quantitative estimate of drug-likeness (QED) is 0.178. The van der Waals surface area contributed by atoms with Crippen molar-refractivity contribution < 1.29 is 34.2 Å². The number of hydrogen-bond donors (Lipinski definition) is 7. The number of nitrogens with two attached hydrogens (primary N) is 2. The number of aliphatic hydroxyl groups excluding tert-OH is 1. The van der Waals surface area contributed by atoms with E-state index in [9.17, 15) is 29.1 Å². The number of aliphatic carboxylic acids is 1. The van der Waals surface area contributed by atoms with E-state index in [-0.39, 0.29) is 6.42 Å². The molecule has 0 fully saturated rings. The zero-order valence-corrected chi connectivity index (χ0v) is 16.9. The first kappa shape index (κ1) is 25.5. The van der Waals surface area contributed by atoms with Crippen molar-refractivity contribution in [1.82, 2.24) is 16.0 Å². The molecular formula is C19H27N5O7. The summed E-state index contributed by atoms with van der Waals surface area (Å²) in [4.78, 5) is 58.8. The summed E-state index contributed by atoms with van der Waals surface area (Å²) in [5, 5.41) is 25.0. The first-order chi connectivity index (χ1) is 14.5. The molecule has 0 bridgehead atoms. The summed E-state index contributed by atoms with van der Waals surface area (Å²) >= 11 is 0. The molecule has 1 aromatic rings. The van der Waals surface area contributed by atoms with Gasteiger partial charge in [0.15, 0.2) is 6.04 Å². The summed E-state index contributed by atoms with van der Waals surface area (Å²) in [5.74, 6) is -4.90. The van der Waals surface area contributed by atoms with E-state index in [1.807, 2.05) is 11.4 Å². The Hall–Kier alpha value is -3.51. The van der Waals surface area contributed by atoms with Gasteiger partial charge in [0.2, 0.25) is 23.6 Å². The van der Waals surface area contributed by atoms with Gasteiger partial charge in [-0.25, -0.2) is 4.79 Å². The lowest BCUT2D eigenvalue weighted by atomic mass is 10.1. The van der Waals surface area contributed by atoms with Crippen molar-refractivity contribution >= 4 is 29.6 Å².